The van der Waals surface area contributed by atoms with E-state index in [1.54, 1.807) is 12.1 Å². The van der Waals surface area contributed by atoms with E-state index in [9.17, 15) is 4.39 Å². The van der Waals surface area contributed by atoms with Crippen LogP contribution in [0.3, 0.4) is 0 Å². The molecule has 1 atom stereocenters. The number of halogens is 1. The number of rotatable bonds is 4. The van der Waals surface area contributed by atoms with Crippen LogP contribution in [0.25, 0.3) is 0 Å². The van der Waals surface area contributed by atoms with Gasteiger partial charge < -0.3 is 10.2 Å². The molecular formula is C15H21FN4. The molecule has 1 aliphatic rings. The number of anilines is 1. The van der Waals surface area contributed by atoms with Crippen molar-refractivity contribution in [1.82, 2.24) is 9.80 Å². The van der Waals surface area contributed by atoms with E-state index in [-0.39, 0.29) is 5.82 Å². The molecule has 0 aliphatic carbocycles. The second-order valence-electron chi connectivity index (χ2n) is 5.38. The fraction of sp³-hybridized carbons (Fsp3) is 0.533. The Bertz CT molecular complexity index is 489. The van der Waals surface area contributed by atoms with Crippen molar-refractivity contribution in [3.8, 4) is 6.07 Å². The molecule has 20 heavy (non-hydrogen) atoms. The molecule has 1 aromatic carbocycles. The summed E-state index contributed by atoms with van der Waals surface area (Å²) in [5.41, 5.74) is 0.810. The van der Waals surface area contributed by atoms with Crippen molar-refractivity contribution < 1.29 is 4.39 Å². The van der Waals surface area contributed by atoms with E-state index in [0.717, 1.165) is 26.2 Å². The first-order chi connectivity index (χ1) is 9.60. The zero-order valence-electron chi connectivity index (χ0n) is 12.1. The largest absolute Gasteiger partial charge is 0.381 e. The van der Waals surface area contributed by atoms with Gasteiger partial charge in [0.05, 0.1) is 17.3 Å². The minimum Gasteiger partial charge on any atom is -0.381 e. The molecule has 2 rings (SSSR count). The SMILES string of the molecule is CC(CNc1ccc(C#N)cc1F)N1CCN(C)CC1. The number of nitrogens with zero attached hydrogens (tertiary/aromatic N) is 3. The quantitative estimate of drug-likeness (QED) is 0.909. The Morgan fingerprint density at radius 1 is 1.35 bits per heavy atom. The van der Waals surface area contributed by atoms with Gasteiger partial charge in [-0.25, -0.2) is 4.39 Å². The molecule has 1 heterocycles. The molecule has 0 amide bonds. The van der Waals surface area contributed by atoms with Crippen LogP contribution >= 0.6 is 0 Å². The number of hydrogen-bond donors (Lipinski definition) is 1. The van der Waals surface area contributed by atoms with E-state index in [1.807, 2.05) is 6.07 Å². The summed E-state index contributed by atoms with van der Waals surface area (Å²) in [6.07, 6.45) is 0. The Morgan fingerprint density at radius 2 is 2.05 bits per heavy atom. The van der Waals surface area contributed by atoms with Crippen LogP contribution in [0.2, 0.25) is 0 Å². The lowest BCUT2D eigenvalue weighted by molar-refractivity contribution is 0.123. The summed E-state index contributed by atoms with van der Waals surface area (Å²) in [6.45, 7) is 7.11. The molecule has 0 bridgehead atoms. The third kappa shape index (κ3) is 3.69. The van der Waals surface area contributed by atoms with Crippen LogP contribution in [-0.2, 0) is 0 Å². The summed E-state index contributed by atoms with van der Waals surface area (Å²) in [6, 6.07) is 6.82. The third-order valence-electron chi connectivity index (χ3n) is 3.85. The zero-order chi connectivity index (χ0) is 14.5. The van der Waals surface area contributed by atoms with Crippen molar-refractivity contribution in [2.45, 2.75) is 13.0 Å². The summed E-state index contributed by atoms with van der Waals surface area (Å²) in [5, 5.41) is 11.8. The highest BCUT2D eigenvalue weighted by molar-refractivity contribution is 5.48. The first-order valence-electron chi connectivity index (χ1n) is 6.96. The number of hydrogen-bond acceptors (Lipinski definition) is 4. The highest BCUT2D eigenvalue weighted by Crippen LogP contribution is 2.16. The first kappa shape index (κ1) is 14.8. The molecule has 5 heteroatoms. The van der Waals surface area contributed by atoms with Gasteiger partial charge in [-0.1, -0.05) is 0 Å². The summed E-state index contributed by atoms with van der Waals surface area (Å²) in [4.78, 5) is 4.73. The highest BCUT2D eigenvalue weighted by atomic mass is 19.1. The molecule has 1 fully saturated rings. The van der Waals surface area contributed by atoms with Crippen LogP contribution in [0, 0.1) is 17.1 Å². The fourth-order valence-electron chi connectivity index (χ4n) is 2.38. The molecule has 1 aliphatic heterocycles. The van der Waals surface area contributed by atoms with Gasteiger partial charge in [0.15, 0.2) is 0 Å². The lowest BCUT2D eigenvalue weighted by Crippen LogP contribution is -2.49. The molecule has 0 radical (unpaired) electrons. The van der Waals surface area contributed by atoms with Gasteiger partial charge in [0.2, 0.25) is 0 Å². The molecule has 0 aromatic heterocycles. The maximum Gasteiger partial charge on any atom is 0.147 e. The van der Waals surface area contributed by atoms with Crippen LogP contribution in [0.15, 0.2) is 18.2 Å². The number of nitrogens with one attached hydrogen (secondary N) is 1. The Morgan fingerprint density at radius 3 is 2.65 bits per heavy atom. The standard InChI is InChI=1S/C15H21FN4/c1-12(20-7-5-19(2)6-8-20)11-18-15-4-3-13(10-17)9-14(15)16/h3-4,9,12,18H,5-8,11H2,1-2H3. The van der Waals surface area contributed by atoms with Gasteiger partial charge in [-0.3, -0.25) is 4.90 Å². The lowest BCUT2D eigenvalue weighted by atomic mass is 10.2. The summed E-state index contributed by atoms with van der Waals surface area (Å²) >= 11 is 0. The third-order valence-corrected chi connectivity index (χ3v) is 3.85. The smallest absolute Gasteiger partial charge is 0.147 e. The van der Waals surface area contributed by atoms with E-state index in [1.165, 1.54) is 6.07 Å². The Hall–Kier alpha value is -1.64. The van der Waals surface area contributed by atoms with E-state index < -0.39 is 0 Å². The van der Waals surface area contributed by atoms with E-state index in [0.29, 0.717) is 23.8 Å². The predicted molar refractivity (Wildman–Crippen MR) is 78.1 cm³/mol. The van der Waals surface area contributed by atoms with E-state index in [2.05, 4.69) is 29.1 Å². The first-order valence-corrected chi connectivity index (χ1v) is 6.96. The minimum atomic E-state index is -0.366. The van der Waals surface area contributed by atoms with Gasteiger partial charge in [0, 0.05) is 38.8 Å². The molecule has 4 nitrogen and oxygen atoms in total. The number of piperazine rings is 1. The van der Waals surface area contributed by atoms with Gasteiger partial charge in [-0.15, -0.1) is 0 Å². The maximum atomic E-state index is 13.7. The molecular weight excluding hydrogens is 255 g/mol. The number of nitriles is 1. The molecule has 1 unspecified atom stereocenters. The lowest BCUT2D eigenvalue weighted by Gasteiger charge is -2.36. The molecule has 1 N–H and O–H groups in total. The van der Waals surface area contributed by atoms with Crippen LogP contribution in [0.5, 0.6) is 0 Å². The van der Waals surface area contributed by atoms with Crippen LogP contribution in [-0.4, -0.2) is 55.6 Å². The van der Waals surface area contributed by atoms with Gasteiger partial charge in [0.25, 0.3) is 0 Å². The van der Waals surface area contributed by atoms with Gasteiger partial charge >= 0.3 is 0 Å². The van der Waals surface area contributed by atoms with Crippen LogP contribution in [0.4, 0.5) is 10.1 Å². The molecule has 1 aromatic rings. The summed E-state index contributed by atoms with van der Waals surface area (Å²) in [5.74, 6) is -0.366. The van der Waals surface area contributed by atoms with Gasteiger partial charge in [-0.05, 0) is 32.2 Å². The molecule has 108 valence electrons. The highest BCUT2D eigenvalue weighted by Gasteiger charge is 2.19. The summed E-state index contributed by atoms with van der Waals surface area (Å²) < 4.78 is 13.7. The average Bonchev–Trinajstić information content (AvgIpc) is 2.46. The fourth-order valence-corrected chi connectivity index (χ4v) is 2.38. The van der Waals surface area contributed by atoms with Crippen molar-refractivity contribution in [2.24, 2.45) is 0 Å². The van der Waals surface area contributed by atoms with Crippen molar-refractivity contribution in [1.29, 1.82) is 5.26 Å². The van der Waals surface area contributed by atoms with E-state index in [4.69, 9.17) is 5.26 Å². The molecule has 1 saturated heterocycles. The minimum absolute atomic E-state index is 0.347. The average molecular weight is 276 g/mol. The second-order valence-corrected chi connectivity index (χ2v) is 5.38. The Kier molecular flexibility index (Phi) is 4.94. The van der Waals surface area contributed by atoms with Crippen molar-refractivity contribution in [2.75, 3.05) is 45.1 Å². The Labute approximate surface area is 119 Å². The van der Waals surface area contributed by atoms with Gasteiger partial charge in [0.1, 0.15) is 5.82 Å². The van der Waals surface area contributed by atoms with Crippen LogP contribution < -0.4 is 5.32 Å². The topological polar surface area (TPSA) is 42.3 Å². The maximum absolute atomic E-state index is 13.7. The number of benzene rings is 1. The normalized spacial score (nSPS) is 18.5. The predicted octanol–water partition coefficient (Wildman–Crippen LogP) is 1.75. The summed E-state index contributed by atoms with van der Waals surface area (Å²) in [7, 11) is 2.13. The van der Waals surface area contributed by atoms with Crippen molar-refractivity contribution >= 4 is 5.69 Å². The second kappa shape index (κ2) is 6.69. The van der Waals surface area contributed by atoms with Crippen molar-refractivity contribution in [3.63, 3.8) is 0 Å². The van der Waals surface area contributed by atoms with E-state index >= 15 is 0 Å². The number of likely N-dealkylation sites (N-methyl/N-ethyl adjacent to an activating group) is 1. The van der Waals surface area contributed by atoms with Crippen LogP contribution in [0.1, 0.15) is 12.5 Å². The molecule has 0 spiro atoms. The van der Waals surface area contributed by atoms with Crippen molar-refractivity contribution in [3.05, 3.63) is 29.6 Å². The van der Waals surface area contributed by atoms with Gasteiger partial charge in [-0.2, -0.15) is 5.26 Å². The Balaban J connectivity index is 1.87. The monoisotopic (exact) mass is 276 g/mol. The molecule has 0 saturated carbocycles. The zero-order valence-corrected chi connectivity index (χ0v) is 12.1.